The summed E-state index contributed by atoms with van der Waals surface area (Å²) < 4.78 is 13.4. The fraction of sp³-hybridized carbons (Fsp3) is 0.286. The summed E-state index contributed by atoms with van der Waals surface area (Å²) in [6, 6.07) is 5.08. The Bertz CT molecular complexity index is 647. The fourth-order valence-electron chi connectivity index (χ4n) is 2.00. The molecule has 5 amide bonds. The smallest absolute Gasteiger partial charge is 0.334 e. The van der Waals surface area contributed by atoms with Crippen LogP contribution in [0.25, 0.3) is 0 Å². The fourth-order valence-corrected chi connectivity index (χ4v) is 2.00. The lowest BCUT2D eigenvalue weighted by molar-refractivity contribution is -0.143. The zero-order valence-corrected chi connectivity index (χ0v) is 11.8. The number of carbonyl (C=O) groups excluding carboxylic acids is 4. The third-order valence-electron chi connectivity index (χ3n) is 3.19. The van der Waals surface area contributed by atoms with Crippen LogP contribution in [0.3, 0.4) is 0 Å². The van der Waals surface area contributed by atoms with Crippen molar-refractivity contribution in [3.8, 4) is 0 Å². The Balaban J connectivity index is 1.95. The summed E-state index contributed by atoms with van der Waals surface area (Å²) >= 11 is 0. The minimum absolute atomic E-state index is 0.0523. The SMILES string of the molecule is CCN1C(=O)C(=O)N(CC(=O)NCc2ccccc2F)C1=O. The van der Waals surface area contributed by atoms with Gasteiger partial charge in [-0.05, 0) is 13.0 Å². The summed E-state index contributed by atoms with van der Waals surface area (Å²) in [5, 5.41) is 2.40. The second-order valence-corrected chi connectivity index (χ2v) is 4.59. The third kappa shape index (κ3) is 2.95. The van der Waals surface area contributed by atoms with Gasteiger partial charge in [0.1, 0.15) is 12.4 Å². The number of rotatable bonds is 5. The van der Waals surface area contributed by atoms with E-state index in [-0.39, 0.29) is 18.7 Å². The Morgan fingerprint density at radius 2 is 1.77 bits per heavy atom. The molecule has 1 aromatic carbocycles. The monoisotopic (exact) mass is 307 g/mol. The second kappa shape index (κ2) is 6.33. The molecule has 1 aliphatic heterocycles. The maximum Gasteiger partial charge on any atom is 0.334 e. The molecule has 0 saturated carbocycles. The second-order valence-electron chi connectivity index (χ2n) is 4.59. The molecular formula is C14H14FN3O4. The van der Waals surface area contributed by atoms with Crippen LogP contribution in [0.4, 0.5) is 9.18 Å². The highest BCUT2D eigenvalue weighted by molar-refractivity contribution is 6.45. The molecule has 0 aliphatic carbocycles. The Kier molecular flexibility index (Phi) is 4.50. The summed E-state index contributed by atoms with van der Waals surface area (Å²) in [6.07, 6.45) is 0. The summed E-state index contributed by atoms with van der Waals surface area (Å²) in [7, 11) is 0. The van der Waals surface area contributed by atoms with E-state index < -0.39 is 36.1 Å². The van der Waals surface area contributed by atoms with E-state index >= 15 is 0 Å². The number of carbonyl (C=O) groups is 4. The average molecular weight is 307 g/mol. The van der Waals surface area contributed by atoms with Gasteiger partial charge in [-0.15, -0.1) is 0 Å². The van der Waals surface area contributed by atoms with Crippen molar-refractivity contribution in [2.45, 2.75) is 13.5 Å². The number of nitrogens with one attached hydrogen (secondary N) is 1. The number of hydrogen-bond donors (Lipinski definition) is 1. The van der Waals surface area contributed by atoms with Crippen molar-refractivity contribution in [3.63, 3.8) is 0 Å². The topological polar surface area (TPSA) is 86.8 Å². The first-order chi connectivity index (χ1) is 10.5. The molecule has 1 heterocycles. The van der Waals surface area contributed by atoms with Crippen molar-refractivity contribution in [1.29, 1.82) is 0 Å². The van der Waals surface area contributed by atoms with Crippen molar-refractivity contribution in [3.05, 3.63) is 35.6 Å². The lowest BCUT2D eigenvalue weighted by Crippen LogP contribution is -2.41. The number of hydrogen-bond acceptors (Lipinski definition) is 4. The van der Waals surface area contributed by atoms with Crippen LogP contribution in [0.2, 0.25) is 0 Å². The van der Waals surface area contributed by atoms with E-state index in [1.165, 1.54) is 18.2 Å². The molecule has 22 heavy (non-hydrogen) atoms. The van der Waals surface area contributed by atoms with E-state index in [4.69, 9.17) is 0 Å². The van der Waals surface area contributed by atoms with E-state index in [0.29, 0.717) is 4.90 Å². The Morgan fingerprint density at radius 3 is 2.36 bits per heavy atom. The standard InChI is InChI=1S/C14H14FN3O4/c1-2-17-12(20)13(21)18(14(17)22)8-11(19)16-7-9-5-3-4-6-10(9)15/h3-6H,2,7-8H2,1H3,(H,16,19). The van der Waals surface area contributed by atoms with Gasteiger partial charge in [-0.2, -0.15) is 0 Å². The first-order valence-corrected chi connectivity index (χ1v) is 6.63. The molecule has 0 bridgehead atoms. The number of imide groups is 2. The molecule has 0 atom stereocenters. The number of nitrogens with zero attached hydrogens (tertiary/aromatic N) is 2. The van der Waals surface area contributed by atoms with Crippen LogP contribution in [-0.4, -0.2) is 46.6 Å². The molecule has 1 aliphatic rings. The number of amides is 5. The van der Waals surface area contributed by atoms with Gasteiger partial charge in [0, 0.05) is 18.7 Å². The molecule has 0 aromatic heterocycles. The van der Waals surface area contributed by atoms with Gasteiger partial charge in [0.15, 0.2) is 0 Å². The van der Waals surface area contributed by atoms with E-state index in [9.17, 15) is 23.6 Å². The highest BCUT2D eigenvalue weighted by Gasteiger charge is 2.44. The maximum absolute atomic E-state index is 13.4. The molecule has 1 N–H and O–H groups in total. The van der Waals surface area contributed by atoms with Gasteiger partial charge < -0.3 is 5.32 Å². The Labute approximate surface area is 125 Å². The van der Waals surface area contributed by atoms with Crippen LogP contribution in [0, 0.1) is 5.82 Å². The van der Waals surface area contributed by atoms with Crippen LogP contribution in [0.15, 0.2) is 24.3 Å². The van der Waals surface area contributed by atoms with Gasteiger partial charge in [0.25, 0.3) is 0 Å². The largest absolute Gasteiger partial charge is 0.350 e. The average Bonchev–Trinajstić information content (AvgIpc) is 2.70. The molecular weight excluding hydrogens is 293 g/mol. The van der Waals surface area contributed by atoms with Crippen molar-refractivity contribution < 1.29 is 23.6 Å². The number of urea groups is 1. The normalized spacial score (nSPS) is 14.7. The van der Waals surface area contributed by atoms with Gasteiger partial charge in [0.2, 0.25) is 5.91 Å². The minimum atomic E-state index is -1.03. The highest BCUT2D eigenvalue weighted by Crippen LogP contribution is 2.11. The molecule has 7 nitrogen and oxygen atoms in total. The summed E-state index contributed by atoms with van der Waals surface area (Å²) in [4.78, 5) is 48.0. The van der Waals surface area contributed by atoms with E-state index in [0.717, 1.165) is 4.90 Å². The van der Waals surface area contributed by atoms with Crippen LogP contribution < -0.4 is 5.32 Å². The van der Waals surface area contributed by atoms with Gasteiger partial charge in [-0.3, -0.25) is 19.3 Å². The first-order valence-electron chi connectivity index (χ1n) is 6.63. The van der Waals surface area contributed by atoms with Crippen molar-refractivity contribution in [1.82, 2.24) is 15.1 Å². The molecule has 1 saturated heterocycles. The predicted molar refractivity (Wildman–Crippen MR) is 72.7 cm³/mol. The zero-order chi connectivity index (χ0) is 16.3. The van der Waals surface area contributed by atoms with Crippen LogP contribution in [-0.2, 0) is 20.9 Å². The first kappa shape index (κ1) is 15.6. The van der Waals surface area contributed by atoms with Gasteiger partial charge in [-0.25, -0.2) is 14.1 Å². The minimum Gasteiger partial charge on any atom is -0.350 e. The molecule has 116 valence electrons. The zero-order valence-electron chi connectivity index (χ0n) is 11.8. The highest BCUT2D eigenvalue weighted by atomic mass is 19.1. The molecule has 1 aromatic rings. The summed E-state index contributed by atoms with van der Waals surface area (Å²) in [5.41, 5.74) is 0.279. The Morgan fingerprint density at radius 1 is 1.14 bits per heavy atom. The van der Waals surface area contributed by atoms with Crippen molar-refractivity contribution in [2.75, 3.05) is 13.1 Å². The van der Waals surface area contributed by atoms with Crippen molar-refractivity contribution >= 4 is 23.8 Å². The van der Waals surface area contributed by atoms with Crippen LogP contribution >= 0.6 is 0 Å². The van der Waals surface area contributed by atoms with E-state index in [2.05, 4.69) is 5.32 Å². The molecule has 8 heteroatoms. The third-order valence-corrected chi connectivity index (χ3v) is 3.19. The lowest BCUT2D eigenvalue weighted by atomic mass is 10.2. The molecule has 0 radical (unpaired) electrons. The van der Waals surface area contributed by atoms with Crippen LogP contribution in [0.5, 0.6) is 0 Å². The number of likely N-dealkylation sites (N-methyl/N-ethyl adjacent to an activating group) is 1. The lowest BCUT2D eigenvalue weighted by Gasteiger charge is -2.14. The van der Waals surface area contributed by atoms with E-state index in [1.54, 1.807) is 13.0 Å². The number of halogens is 1. The summed E-state index contributed by atoms with van der Waals surface area (Å²) in [6.45, 7) is 0.948. The molecule has 2 rings (SSSR count). The molecule has 0 spiro atoms. The predicted octanol–water partition coefficient (Wildman–Crippen LogP) is 0.253. The Hall–Kier alpha value is -2.77. The van der Waals surface area contributed by atoms with Gasteiger partial charge >= 0.3 is 17.8 Å². The van der Waals surface area contributed by atoms with E-state index in [1.807, 2.05) is 0 Å². The van der Waals surface area contributed by atoms with Crippen molar-refractivity contribution in [2.24, 2.45) is 0 Å². The van der Waals surface area contributed by atoms with Crippen LogP contribution in [0.1, 0.15) is 12.5 Å². The molecule has 0 unspecified atom stereocenters. The summed E-state index contributed by atoms with van der Waals surface area (Å²) in [5.74, 6) is -3.11. The quantitative estimate of drug-likeness (QED) is 0.624. The molecule has 1 fully saturated rings. The van der Waals surface area contributed by atoms with Gasteiger partial charge in [0.05, 0.1) is 0 Å². The van der Waals surface area contributed by atoms with Gasteiger partial charge in [-0.1, -0.05) is 18.2 Å². The maximum atomic E-state index is 13.4. The number of benzene rings is 1.